The van der Waals surface area contributed by atoms with Gasteiger partial charge in [-0.25, -0.2) is 15.0 Å². The Morgan fingerprint density at radius 1 is 0.917 bits per heavy atom. The molecule has 1 unspecified atom stereocenters. The lowest BCUT2D eigenvalue weighted by Gasteiger charge is -2.15. The Bertz CT molecular complexity index is 1010. The molecule has 116 valence electrons. The molecular formula is C20H16N4. The first-order valence-corrected chi connectivity index (χ1v) is 8.21. The number of aryl methyl sites for hydroxylation is 1. The molecule has 24 heavy (non-hydrogen) atoms. The zero-order chi connectivity index (χ0) is 15.9. The van der Waals surface area contributed by atoms with Crippen LogP contribution in [0.2, 0.25) is 0 Å². The van der Waals surface area contributed by atoms with Crippen LogP contribution in [0.25, 0.3) is 22.2 Å². The van der Waals surface area contributed by atoms with E-state index >= 15 is 0 Å². The number of hydrogen-bond donors (Lipinski definition) is 0. The van der Waals surface area contributed by atoms with E-state index in [1.54, 1.807) is 6.33 Å². The van der Waals surface area contributed by atoms with E-state index < -0.39 is 0 Å². The largest absolute Gasteiger partial charge is 0.320 e. The molecule has 4 aromatic rings. The van der Waals surface area contributed by atoms with Gasteiger partial charge in [-0.15, -0.1) is 0 Å². The zero-order valence-corrected chi connectivity index (χ0v) is 13.1. The quantitative estimate of drug-likeness (QED) is 0.561. The highest BCUT2D eigenvalue weighted by Crippen LogP contribution is 2.36. The third-order valence-electron chi connectivity index (χ3n) is 4.79. The number of hydrogen-bond acceptors (Lipinski definition) is 3. The zero-order valence-electron chi connectivity index (χ0n) is 13.1. The van der Waals surface area contributed by atoms with E-state index in [1.165, 1.54) is 16.9 Å². The van der Waals surface area contributed by atoms with Crippen molar-refractivity contribution in [1.29, 1.82) is 0 Å². The summed E-state index contributed by atoms with van der Waals surface area (Å²) >= 11 is 0. The Morgan fingerprint density at radius 2 is 1.75 bits per heavy atom. The first-order chi connectivity index (χ1) is 11.9. The van der Waals surface area contributed by atoms with Gasteiger partial charge in [-0.2, -0.15) is 0 Å². The van der Waals surface area contributed by atoms with Crippen molar-refractivity contribution in [1.82, 2.24) is 19.5 Å². The smallest absolute Gasteiger partial charge is 0.115 e. The number of rotatable bonds is 2. The molecular weight excluding hydrogens is 296 g/mol. The van der Waals surface area contributed by atoms with Gasteiger partial charge >= 0.3 is 0 Å². The van der Waals surface area contributed by atoms with Crippen molar-refractivity contribution in [3.05, 3.63) is 78.6 Å². The summed E-state index contributed by atoms with van der Waals surface area (Å²) in [6, 6.07) is 17.5. The average molecular weight is 312 g/mol. The molecule has 2 aromatic heterocycles. The van der Waals surface area contributed by atoms with Crippen LogP contribution < -0.4 is 0 Å². The lowest BCUT2D eigenvalue weighted by Crippen LogP contribution is -2.05. The van der Waals surface area contributed by atoms with Gasteiger partial charge in [0.1, 0.15) is 12.2 Å². The van der Waals surface area contributed by atoms with Crippen LogP contribution in [0.15, 0.2) is 67.3 Å². The topological polar surface area (TPSA) is 43.6 Å². The molecule has 1 atom stereocenters. The van der Waals surface area contributed by atoms with E-state index in [4.69, 9.17) is 4.98 Å². The molecule has 4 nitrogen and oxygen atoms in total. The molecule has 0 fully saturated rings. The summed E-state index contributed by atoms with van der Waals surface area (Å²) in [7, 11) is 0. The van der Waals surface area contributed by atoms with Crippen LogP contribution in [0, 0.1) is 0 Å². The maximum Gasteiger partial charge on any atom is 0.115 e. The van der Waals surface area contributed by atoms with E-state index in [-0.39, 0.29) is 0 Å². The predicted octanol–water partition coefficient (Wildman–Crippen LogP) is 4.03. The molecule has 0 aliphatic carbocycles. The van der Waals surface area contributed by atoms with Gasteiger partial charge in [0.2, 0.25) is 0 Å². The first kappa shape index (κ1) is 13.4. The van der Waals surface area contributed by atoms with E-state index in [0.29, 0.717) is 6.04 Å². The van der Waals surface area contributed by atoms with Gasteiger partial charge in [0.25, 0.3) is 0 Å². The number of aromatic nitrogens is 4. The van der Waals surface area contributed by atoms with Gasteiger partial charge in [-0.1, -0.05) is 36.4 Å². The minimum absolute atomic E-state index is 0.369. The van der Waals surface area contributed by atoms with Gasteiger partial charge in [-0.05, 0) is 29.7 Å². The molecule has 5 rings (SSSR count). The van der Waals surface area contributed by atoms with Crippen molar-refractivity contribution in [2.75, 3.05) is 0 Å². The molecule has 1 aliphatic heterocycles. The van der Waals surface area contributed by atoms with Crippen molar-refractivity contribution >= 4 is 11.0 Å². The summed E-state index contributed by atoms with van der Waals surface area (Å²) in [5.74, 6) is 1.18. The van der Waals surface area contributed by atoms with Gasteiger partial charge in [0.15, 0.2) is 0 Å². The van der Waals surface area contributed by atoms with Crippen LogP contribution in [0.1, 0.15) is 23.9 Å². The SMILES string of the molecule is c1ccc(C2CCc3nc4ccc(-c5cncnc5)cc4n32)cc1. The maximum absolute atomic E-state index is 4.84. The first-order valence-electron chi connectivity index (χ1n) is 8.21. The molecule has 0 N–H and O–H groups in total. The monoisotopic (exact) mass is 312 g/mol. The van der Waals surface area contributed by atoms with E-state index in [2.05, 4.69) is 63.1 Å². The summed E-state index contributed by atoms with van der Waals surface area (Å²) in [4.78, 5) is 13.1. The minimum atomic E-state index is 0.369. The van der Waals surface area contributed by atoms with Crippen molar-refractivity contribution in [3.63, 3.8) is 0 Å². The number of imidazole rings is 1. The van der Waals surface area contributed by atoms with Crippen LogP contribution in [-0.2, 0) is 6.42 Å². The second-order valence-corrected chi connectivity index (χ2v) is 6.19. The lowest BCUT2D eigenvalue weighted by atomic mass is 10.0. The molecule has 0 radical (unpaired) electrons. The number of benzene rings is 2. The van der Waals surface area contributed by atoms with Crippen LogP contribution in [0.3, 0.4) is 0 Å². The Labute approximate surface area is 139 Å². The third-order valence-corrected chi connectivity index (χ3v) is 4.79. The molecule has 0 saturated carbocycles. The summed E-state index contributed by atoms with van der Waals surface area (Å²) in [5, 5.41) is 0. The van der Waals surface area contributed by atoms with Crippen LogP contribution in [-0.4, -0.2) is 19.5 Å². The summed E-state index contributed by atoms with van der Waals surface area (Å²) in [5.41, 5.74) is 5.77. The number of nitrogens with zero attached hydrogens (tertiary/aromatic N) is 4. The van der Waals surface area contributed by atoms with E-state index in [9.17, 15) is 0 Å². The highest BCUT2D eigenvalue weighted by Gasteiger charge is 2.26. The van der Waals surface area contributed by atoms with Crippen molar-refractivity contribution in [3.8, 4) is 11.1 Å². The fourth-order valence-electron chi connectivity index (χ4n) is 3.68. The number of fused-ring (bicyclic) bond motifs is 3. The van der Waals surface area contributed by atoms with Gasteiger partial charge in [-0.3, -0.25) is 0 Å². The molecule has 2 aromatic carbocycles. The molecule has 0 saturated heterocycles. The minimum Gasteiger partial charge on any atom is -0.320 e. The highest BCUT2D eigenvalue weighted by atomic mass is 15.1. The molecule has 0 spiro atoms. The van der Waals surface area contributed by atoms with Crippen molar-refractivity contribution < 1.29 is 0 Å². The Morgan fingerprint density at radius 3 is 2.58 bits per heavy atom. The predicted molar refractivity (Wildman–Crippen MR) is 93.7 cm³/mol. The lowest BCUT2D eigenvalue weighted by molar-refractivity contribution is 0.637. The van der Waals surface area contributed by atoms with Gasteiger partial charge in [0.05, 0.1) is 17.1 Å². The molecule has 1 aliphatic rings. The van der Waals surface area contributed by atoms with E-state index in [0.717, 1.165) is 29.5 Å². The summed E-state index contributed by atoms with van der Waals surface area (Å²) in [6.07, 6.45) is 7.40. The average Bonchev–Trinajstić information content (AvgIpc) is 3.22. The summed E-state index contributed by atoms with van der Waals surface area (Å²) in [6.45, 7) is 0. The van der Waals surface area contributed by atoms with Crippen LogP contribution >= 0.6 is 0 Å². The fraction of sp³-hybridized carbons (Fsp3) is 0.150. The second kappa shape index (κ2) is 5.27. The normalized spacial score (nSPS) is 16.4. The van der Waals surface area contributed by atoms with E-state index in [1.807, 2.05) is 12.4 Å². The fourth-order valence-corrected chi connectivity index (χ4v) is 3.68. The maximum atomic E-state index is 4.84. The van der Waals surface area contributed by atoms with Crippen LogP contribution in [0.5, 0.6) is 0 Å². The van der Waals surface area contributed by atoms with Gasteiger partial charge in [0, 0.05) is 24.4 Å². The second-order valence-electron chi connectivity index (χ2n) is 6.19. The highest BCUT2D eigenvalue weighted by molar-refractivity contribution is 5.83. The Balaban J connectivity index is 1.69. The molecule has 3 heterocycles. The van der Waals surface area contributed by atoms with Crippen LogP contribution in [0.4, 0.5) is 0 Å². The summed E-state index contributed by atoms with van der Waals surface area (Å²) < 4.78 is 2.40. The molecule has 4 heteroatoms. The standard InChI is InChI=1S/C20H16N4/c1-2-4-14(5-3-1)18-8-9-20-23-17-7-6-15(10-19(17)24(18)20)16-11-21-13-22-12-16/h1-7,10-13,18H,8-9H2. The Hall–Kier alpha value is -3.01. The molecule has 0 bridgehead atoms. The Kier molecular flexibility index (Phi) is 2.95. The van der Waals surface area contributed by atoms with Gasteiger partial charge < -0.3 is 4.57 Å². The van der Waals surface area contributed by atoms with Crippen molar-refractivity contribution in [2.45, 2.75) is 18.9 Å². The van der Waals surface area contributed by atoms with Crippen molar-refractivity contribution in [2.24, 2.45) is 0 Å². The third kappa shape index (κ3) is 2.03. The molecule has 0 amide bonds.